The fraction of sp³-hybridized carbons (Fsp3) is 0.529. The number of hydrogen-bond acceptors (Lipinski definition) is 7. The summed E-state index contributed by atoms with van der Waals surface area (Å²) in [5.41, 5.74) is 0. The summed E-state index contributed by atoms with van der Waals surface area (Å²) < 4.78 is 10.7. The van der Waals surface area contributed by atoms with E-state index >= 15 is 0 Å². The van der Waals surface area contributed by atoms with Crippen LogP contribution in [-0.4, -0.2) is 46.7 Å². The number of rotatable bonds is 6. The summed E-state index contributed by atoms with van der Waals surface area (Å²) in [5, 5.41) is 10.2. The Hall–Kier alpha value is -2.22. The minimum atomic E-state index is -0.332. The molecule has 1 atom stereocenters. The second kappa shape index (κ2) is 8.24. The lowest BCUT2D eigenvalue weighted by Gasteiger charge is -2.31. The van der Waals surface area contributed by atoms with E-state index in [1.165, 1.54) is 0 Å². The molecule has 0 aromatic carbocycles. The number of hydrogen-bond donors (Lipinski definition) is 0. The van der Waals surface area contributed by atoms with Crippen molar-refractivity contribution in [3.8, 4) is 10.8 Å². The maximum absolute atomic E-state index is 12.3. The molecule has 0 radical (unpaired) electrons. The second-order valence-electron chi connectivity index (χ2n) is 5.91. The fourth-order valence-electron chi connectivity index (χ4n) is 2.90. The van der Waals surface area contributed by atoms with Crippen LogP contribution in [0, 0.1) is 0 Å². The predicted molar refractivity (Wildman–Crippen MR) is 92.0 cm³/mol. The first-order valence-electron chi connectivity index (χ1n) is 8.48. The highest BCUT2D eigenvalue weighted by atomic mass is 32.1. The van der Waals surface area contributed by atoms with Crippen LogP contribution in [0.3, 0.4) is 0 Å². The molecule has 1 aliphatic rings. The van der Waals surface area contributed by atoms with Gasteiger partial charge < -0.3 is 14.1 Å². The second-order valence-corrected chi connectivity index (χ2v) is 6.85. The Labute approximate surface area is 150 Å². The molecule has 134 valence electrons. The van der Waals surface area contributed by atoms with E-state index in [0.29, 0.717) is 31.5 Å². The lowest BCUT2D eigenvalue weighted by molar-refractivity contribution is -0.146. The summed E-state index contributed by atoms with van der Waals surface area (Å²) >= 11 is 1.55. The van der Waals surface area contributed by atoms with Gasteiger partial charge in [0.15, 0.2) is 0 Å². The molecule has 1 amide bonds. The van der Waals surface area contributed by atoms with E-state index in [1.54, 1.807) is 23.2 Å². The molecule has 8 heteroatoms. The standard InChI is InChI=1S/C17H21N3O4S/c1-2-23-15(22)8-7-14(21)20-9-3-5-12(11-20)16-18-19-17(24-16)13-6-4-10-25-13/h4,6,10,12H,2-3,5,7-9,11H2,1H3. The Morgan fingerprint density at radius 2 is 2.28 bits per heavy atom. The third-order valence-electron chi connectivity index (χ3n) is 4.14. The lowest BCUT2D eigenvalue weighted by Crippen LogP contribution is -2.39. The van der Waals surface area contributed by atoms with Gasteiger partial charge in [-0.15, -0.1) is 21.5 Å². The molecule has 2 aromatic rings. The molecule has 0 N–H and O–H groups in total. The van der Waals surface area contributed by atoms with Crippen molar-refractivity contribution in [2.45, 2.75) is 38.5 Å². The Kier molecular flexibility index (Phi) is 5.80. The van der Waals surface area contributed by atoms with E-state index in [-0.39, 0.29) is 30.6 Å². The van der Waals surface area contributed by atoms with Crippen molar-refractivity contribution in [2.24, 2.45) is 0 Å². The van der Waals surface area contributed by atoms with E-state index in [1.807, 2.05) is 17.5 Å². The molecule has 1 fully saturated rings. The van der Waals surface area contributed by atoms with Crippen molar-refractivity contribution in [2.75, 3.05) is 19.7 Å². The van der Waals surface area contributed by atoms with E-state index in [9.17, 15) is 9.59 Å². The number of thiophene rings is 1. The van der Waals surface area contributed by atoms with Crippen LogP contribution < -0.4 is 0 Å². The van der Waals surface area contributed by atoms with Gasteiger partial charge in [-0.2, -0.15) is 0 Å². The molecule has 0 spiro atoms. The highest BCUT2D eigenvalue weighted by Gasteiger charge is 2.28. The summed E-state index contributed by atoms with van der Waals surface area (Å²) in [4.78, 5) is 26.5. The molecular weight excluding hydrogens is 342 g/mol. The number of amides is 1. The zero-order chi connectivity index (χ0) is 17.6. The normalized spacial score (nSPS) is 17.5. The molecule has 7 nitrogen and oxygen atoms in total. The van der Waals surface area contributed by atoms with Gasteiger partial charge in [0.25, 0.3) is 5.89 Å². The molecule has 2 aromatic heterocycles. The molecule has 0 aliphatic carbocycles. The molecule has 1 aliphatic heterocycles. The van der Waals surface area contributed by atoms with Crippen LogP contribution in [0.15, 0.2) is 21.9 Å². The first-order valence-corrected chi connectivity index (χ1v) is 9.36. The Balaban J connectivity index is 1.57. The van der Waals surface area contributed by atoms with E-state index in [2.05, 4.69) is 10.2 Å². The zero-order valence-electron chi connectivity index (χ0n) is 14.1. The van der Waals surface area contributed by atoms with E-state index < -0.39 is 0 Å². The van der Waals surface area contributed by atoms with Gasteiger partial charge in [0.1, 0.15) is 0 Å². The van der Waals surface area contributed by atoms with Crippen LogP contribution >= 0.6 is 11.3 Å². The van der Waals surface area contributed by atoms with Gasteiger partial charge in [-0.05, 0) is 31.2 Å². The summed E-state index contributed by atoms with van der Waals surface area (Å²) in [6, 6.07) is 3.88. The van der Waals surface area contributed by atoms with Crippen LogP contribution in [0.25, 0.3) is 10.8 Å². The minimum Gasteiger partial charge on any atom is -0.466 e. The SMILES string of the molecule is CCOC(=O)CCC(=O)N1CCCC(c2nnc(-c3cccs3)o2)C1. The number of carbonyl (C=O) groups excluding carboxylic acids is 2. The van der Waals surface area contributed by atoms with E-state index in [4.69, 9.17) is 9.15 Å². The first kappa shape index (κ1) is 17.6. The average molecular weight is 363 g/mol. The summed E-state index contributed by atoms with van der Waals surface area (Å²) in [5.74, 6) is 0.779. The lowest BCUT2D eigenvalue weighted by atomic mass is 9.97. The summed E-state index contributed by atoms with van der Waals surface area (Å²) in [6.07, 6.45) is 2.09. The zero-order valence-corrected chi connectivity index (χ0v) is 15.0. The molecule has 0 bridgehead atoms. The molecule has 25 heavy (non-hydrogen) atoms. The molecule has 3 heterocycles. The quantitative estimate of drug-likeness (QED) is 0.734. The van der Waals surface area contributed by atoms with Crippen molar-refractivity contribution in [3.05, 3.63) is 23.4 Å². The van der Waals surface area contributed by atoms with Crippen molar-refractivity contribution in [1.29, 1.82) is 0 Å². The monoisotopic (exact) mass is 363 g/mol. The fourth-order valence-corrected chi connectivity index (χ4v) is 3.55. The topological polar surface area (TPSA) is 85.5 Å². The average Bonchev–Trinajstić information content (AvgIpc) is 3.31. The smallest absolute Gasteiger partial charge is 0.306 e. The van der Waals surface area contributed by atoms with Gasteiger partial charge in [-0.3, -0.25) is 9.59 Å². The van der Waals surface area contributed by atoms with Gasteiger partial charge in [0.2, 0.25) is 11.8 Å². The van der Waals surface area contributed by atoms with Gasteiger partial charge >= 0.3 is 5.97 Å². The Morgan fingerprint density at radius 1 is 1.40 bits per heavy atom. The van der Waals surface area contributed by atoms with Gasteiger partial charge in [-0.25, -0.2) is 0 Å². The number of likely N-dealkylation sites (tertiary alicyclic amines) is 1. The maximum Gasteiger partial charge on any atom is 0.306 e. The van der Waals surface area contributed by atoms with Crippen molar-refractivity contribution < 1.29 is 18.7 Å². The van der Waals surface area contributed by atoms with Crippen LogP contribution in [-0.2, 0) is 14.3 Å². The van der Waals surface area contributed by atoms with Crippen LogP contribution in [0.1, 0.15) is 44.4 Å². The summed E-state index contributed by atoms with van der Waals surface area (Å²) in [7, 11) is 0. The van der Waals surface area contributed by atoms with Crippen LogP contribution in [0.2, 0.25) is 0 Å². The summed E-state index contributed by atoms with van der Waals surface area (Å²) in [6.45, 7) is 3.34. The Bertz CT molecular complexity index is 713. The molecule has 1 saturated heterocycles. The van der Waals surface area contributed by atoms with Gasteiger partial charge in [-0.1, -0.05) is 6.07 Å². The number of piperidine rings is 1. The first-order chi connectivity index (χ1) is 12.2. The van der Waals surface area contributed by atoms with E-state index in [0.717, 1.165) is 17.7 Å². The van der Waals surface area contributed by atoms with Crippen LogP contribution in [0.5, 0.6) is 0 Å². The maximum atomic E-state index is 12.3. The molecule has 0 saturated carbocycles. The predicted octanol–water partition coefficient (Wildman–Crippen LogP) is 2.85. The number of aromatic nitrogens is 2. The van der Waals surface area contributed by atoms with Gasteiger partial charge in [0, 0.05) is 19.5 Å². The molecule has 1 unspecified atom stereocenters. The van der Waals surface area contributed by atoms with Crippen molar-refractivity contribution in [3.63, 3.8) is 0 Å². The highest BCUT2D eigenvalue weighted by Crippen LogP contribution is 2.30. The number of esters is 1. The minimum absolute atomic E-state index is 0.0317. The highest BCUT2D eigenvalue weighted by molar-refractivity contribution is 7.13. The molecule has 3 rings (SSSR count). The number of nitrogens with zero attached hydrogens (tertiary/aromatic N) is 3. The molecular formula is C17H21N3O4S. The third-order valence-corrected chi connectivity index (χ3v) is 5.00. The largest absolute Gasteiger partial charge is 0.466 e. The number of carbonyl (C=O) groups is 2. The third kappa shape index (κ3) is 4.45. The van der Waals surface area contributed by atoms with Crippen LogP contribution in [0.4, 0.5) is 0 Å². The van der Waals surface area contributed by atoms with Crippen molar-refractivity contribution >= 4 is 23.2 Å². The van der Waals surface area contributed by atoms with Gasteiger partial charge in [0.05, 0.1) is 23.8 Å². The number of ether oxygens (including phenoxy) is 1. The van der Waals surface area contributed by atoms with Crippen molar-refractivity contribution in [1.82, 2.24) is 15.1 Å². The Morgan fingerprint density at radius 3 is 3.04 bits per heavy atom.